The van der Waals surface area contributed by atoms with Crippen LogP contribution in [0, 0.1) is 0 Å². The molecule has 0 unspecified atom stereocenters. The maximum absolute atomic E-state index is 11.4. The molecule has 8 heteroatoms. The average molecular weight is 372 g/mol. The van der Waals surface area contributed by atoms with Crippen LogP contribution in [0.15, 0.2) is 58.5 Å². The molecule has 0 aliphatic rings. The van der Waals surface area contributed by atoms with E-state index in [1.807, 2.05) is 26.0 Å². The van der Waals surface area contributed by atoms with Gasteiger partial charge in [-0.1, -0.05) is 12.1 Å². The molecule has 136 valence electrons. The van der Waals surface area contributed by atoms with Gasteiger partial charge in [-0.3, -0.25) is 10.2 Å². The van der Waals surface area contributed by atoms with Crippen LogP contribution < -0.4 is 16.3 Å². The number of nitrogen functional groups attached to an aromatic ring is 1. The molecular formula is C18H20N4O3S. The number of hydrazone groups is 1. The maximum Gasteiger partial charge on any atom is 0.238 e. The summed E-state index contributed by atoms with van der Waals surface area (Å²) in [6.45, 7) is 3.90. The Bertz CT molecular complexity index is 978. The number of carbonyl (C=O) groups excluding carboxylic acids is 1. The Morgan fingerprint density at radius 3 is 2.31 bits per heavy atom. The molecule has 7 nitrogen and oxygen atoms in total. The smallest absolute Gasteiger partial charge is 0.238 e. The highest BCUT2D eigenvalue weighted by molar-refractivity contribution is 7.89. The van der Waals surface area contributed by atoms with Gasteiger partial charge < -0.3 is 5.73 Å². The van der Waals surface area contributed by atoms with Gasteiger partial charge in [-0.15, -0.1) is 0 Å². The van der Waals surface area contributed by atoms with Gasteiger partial charge in [0.2, 0.25) is 10.0 Å². The SMILES string of the molecule is C/C=C(\C)c1ccc(/C(C=O)=N/Nc2ccc(S(N)(=O)=O)cc2)c(N)c1. The van der Waals surface area contributed by atoms with Gasteiger partial charge in [0.05, 0.1) is 10.6 Å². The number of nitrogens with two attached hydrogens (primary N) is 2. The number of rotatable bonds is 6. The van der Waals surface area contributed by atoms with Crippen LogP contribution >= 0.6 is 0 Å². The Balaban J connectivity index is 2.27. The molecule has 0 spiro atoms. The van der Waals surface area contributed by atoms with Gasteiger partial charge in [0.25, 0.3) is 0 Å². The molecule has 0 saturated carbocycles. The van der Waals surface area contributed by atoms with Crippen molar-refractivity contribution in [3.8, 4) is 0 Å². The Labute approximate surface area is 152 Å². The number of primary sulfonamides is 1. The molecule has 2 aromatic carbocycles. The van der Waals surface area contributed by atoms with E-state index in [0.29, 0.717) is 23.2 Å². The molecule has 0 radical (unpaired) electrons. The zero-order valence-corrected chi connectivity index (χ0v) is 15.2. The lowest BCUT2D eigenvalue weighted by Crippen LogP contribution is -2.12. The van der Waals surface area contributed by atoms with Crippen LogP contribution in [-0.2, 0) is 14.8 Å². The summed E-state index contributed by atoms with van der Waals surface area (Å²) < 4.78 is 22.5. The largest absolute Gasteiger partial charge is 0.398 e. The normalized spacial score (nSPS) is 12.7. The quantitative estimate of drug-likeness (QED) is 0.310. The lowest BCUT2D eigenvalue weighted by molar-refractivity contribution is -0.102. The maximum atomic E-state index is 11.4. The molecule has 0 aliphatic heterocycles. The molecule has 0 atom stereocenters. The number of allylic oxidation sites excluding steroid dienone is 2. The average Bonchev–Trinajstić information content (AvgIpc) is 2.62. The van der Waals surface area contributed by atoms with E-state index in [0.717, 1.165) is 11.1 Å². The van der Waals surface area contributed by atoms with Crippen molar-refractivity contribution in [3.63, 3.8) is 0 Å². The van der Waals surface area contributed by atoms with Crippen LogP contribution in [0.5, 0.6) is 0 Å². The molecule has 0 aromatic heterocycles. The molecule has 0 saturated heterocycles. The fourth-order valence-electron chi connectivity index (χ4n) is 2.20. The van der Waals surface area contributed by atoms with Crippen LogP contribution in [0.2, 0.25) is 0 Å². The molecule has 0 aliphatic carbocycles. The number of benzene rings is 2. The molecule has 5 N–H and O–H groups in total. The van der Waals surface area contributed by atoms with E-state index >= 15 is 0 Å². The van der Waals surface area contributed by atoms with E-state index in [4.69, 9.17) is 10.9 Å². The predicted octanol–water partition coefficient (Wildman–Crippen LogP) is 2.35. The predicted molar refractivity (Wildman–Crippen MR) is 104 cm³/mol. The summed E-state index contributed by atoms with van der Waals surface area (Å²) in [7, 11) is -3.76. The highest BCUT2D eigenvalue weighted by Gasteiger charge is 2.09. The van der Waals surface area contributed by atoms with Crippen molar-refractivity contribution in [2.45, 2.75) is 18.7 Å². The van der Waals surface area contributed by atoms with E-state index in [9.17, 15) is 13.2 Å². The molecular weight excluding hydrogens is 352 g/mol. The second-order valence-electron chi connectivity index (χ2n) is 5.57. The third kappa shape index (κ3) is 4.56. The minimum absolute atomic E-state index is 0.0122. The Morgan fingerprint density at radius 2 is 1.81 bits per heavy atom. The minimum atomic E-state index is -3.76. The van der Waals surface area contributed by atoms with Gasteiger partial charge in [0.15, 0.2) is 6.29 Å². The Hall–Kier alpha value is -2.97. The van der Waals surface area contributed by atoms with Crippen molar-refractivity contribution in [2.75, 3.05) is 11.2 Å². The van der Waals surface area contributed by atoms with E-state index in [2.05, 4.69) is 10.5 Å². The second kappa shape index (κ2) is 7.94. The molecule has 2 aromatic rings. The lowest BCUT2D eigenvalue weighted by atomic mass is 10.0. The summed E-state index contributed by atoms with van der Waals surface area (Å²) in [5.41, 5.74) is 12.3. The number of aldehydes is 1. The molecule has 0 amide bonds. The lowest BCUT2D eigenvalue weighted by Gasteiger charge is -2.09. The van der Waals surface area contributed by atoms with Crippen molar-refractivity contribution in [3.05, 3.63) is 59.7 Å². The zero-order valence-electron chi connectivity index (χ0n) is 14.4. The zero-order chi connectivity index (χ0) is 19.3. The van der Waals surface area contributed by atoms with Gasteiger partial charge in [-0.2, -0.15) is 5.10 Å². The van der Waals surface area contributed by atoms with Crippen molar-refractivity contribution < 1.29 is 13.2 Å². The highest BCUT2D eigenvalue weighted by Crippen LogP contribution is 2.21. The van der Waals surface area contributed by atoms with E-state index < -0.39 is 10.0 Å². The van der Waals surface area contributed by atoms with E-state index in [1.165, 1.54) is 24.3 Å². The molecule has 0 bridgehead atoms. The summed E-state index contributed by atoms with van der Waals surface area (Å²) in [5.74, 6) is 0. The topological polar surface area (TPSA) is 128 Å². The van der Waals surface area contributed by atoms with Crippen LogP contribution in [0.3, 0.4) is 0 Å². The number of anilines is 2. The first-order chi connectivity index (χ1) is 12.3. The van der Waals surface area contributed by atoms with Gasteiger partial charge in [0, 0.05) is 11.3 Å². The van der Waals surface area contributed by atoms with Crippen molar-refractivity contribution in [1.82, 2.24) is 0 Å². The minimum Gasteiger partial charge on any atom is -0.398 e. The number of hydrogen-bond acceptors (Lipinski definition) is 6. The van der Waals surface area contributed by atoms with Crippen molar-refractivity contribution in [2.24, 2.45) is 10.2 Å². The third-order valence-corrected chi connectivity index (χ3v) is 4.75. The van der Waals surface area contributed by atoms with Gasteiger partial charge >= 0.3 is 0 Å². The summed E-state index contributed by atoms with van der Waals surface area (Å²) in [4.78, 5) is 11.4. The number of carbonyl (C=O) groups is 1. The Morgan fingerprint density at radius 1 is 1.15 bits per heavy atom. The summed E-state index contributed by atoms with van der Waals surface area (Å²) in [6, 6.07) is 11.1. The summed E-state index contributed by atoms with van der Waals surface area (Å²) >= 11 is 0. The second-order valence-corrected chi connectivity index (χ2v) is 7.13. The first kappa shape index (κ1) is 19.4. The highest BCUT2D eigenvalue weighted by atomic mass is 32.2. The van der Waals surface area contributed by atoms with Crippen molar-refractivity contribution >= 4 is 39.0 Å². The molecule has 2 rings (SSSR count). The Kier molecular flexibility index (Phi) is 5.91. The number of sulfonamides is 1. The first-order valence-electron chi connectivity index (χ1n) is 7.71. The van der Waals surface area contributed by atoms with Crippen LogP contribution in [0.1, 0.15) is 25.0 Å². The van der Waals surface area contributed by atoms with Crippen LogP contribution in [0.4, 0.5) is 11.4 Å². The number of nitrogens with zero attached hydrogens (tertiary/aromatic N) is 1. The van der Waals surface area contributed by atoms with Gasteiger partial charge in [-0.05, 0) is 61.4 Å². The van der Waals surface area contributed by atoms with E-state index in [-0.39, 0.29) is 10.6 Å². The molecule has 0 fully saturated rings. The number of nitrogens with one attached hydrogen (secondary N) is 1. The fraction of sp³-hybridized carbons (Fsp3) is 0.111. The fourth-order valence-corrected chi connectivity index (χ4v) is 2.72. The van der Waals surface area contributed by atoms with Crippen LogP contribution in [0.25, 0.3) is 5.57 Å². The number of hydrogen-bond donors (Lipinski definition) is 3. The molecule has 0 heterocycles. The summed E-state index contributed by atoms with van der Waals surface area (Å²) in [5, 5.41) is 9.10. The molecule has 26 heavy (non-hydrogen) atoms. The van der Waals surface area contributed by atoms with E-state index in [1.54, 1.807) is 12.1 Å². The standard InChI is InChI=1S/C18H20N4O3S/c1-3-12(2)13-4-9-16(17(19)10-13)18(11-23)22-21-14-5-7-15(8-6-14)26(20,24)25/h3-11,21H,19H2,1-2H3,(H2,20,24,25)/b12-3+,22-18+. The summed E-state index contributed by atoms with van der Waals surface area (Å²) in [6.07, 6.45) is 2.57. The third-order valence-electron chi connectivity index (χ3n) is 3.82. The van der Waals surface area contributed by atoms with Crippen LogP contribution in [-0.4, -0.2) is 20.4 Å². The monoisotopic (exact) mass is 372 g/mol. The van der Waals surface area contributed by atoms with Gasteiger partial charge in [0.1, 0.15) is 5.71 Å². The van der Waals surface area contributed by atoms with Gasteiger partial charge in [-0.25, -0.2) is 13.6 Å². The first-order valence-corrected chi connectivity index (χ1v) is 9.26. The van der Waals surface area contributed by atoms with Crippen molar-refractivity contribution in [1.29, 1.82) is 0 Å².